The van der Waals surface area contributed by atoms with Crippen LogP contribution >= 0.6 is 0 Å². The fourth-order valence-corrected chi connectivity index (χ4v) is 8.47. The molecule has 0 unspecified atom stereocenters. The Labute approximate surface area is 296 Å². The highest BCUT2D eigenvalue weighted by atomic mass is 15.1. The van der Waals surface area contributed by atoms with Crippen LogP contribution in [-0.2, 0) is 12.5 Å². The van der Waals surface area contributed by atoms with Gasteiger partial charge in [0.05, 0.1) is 24.3 Å². The molecule has 50 heavy (non-hydrogen) atoms. The summed E-state index contributed by atoms with van der Waals surface area (Å²) in [6, 6.07) is 40.9. The van der Waals surface area contributed by atoms with Gasteiger partial charge in [0, 0.05) is 38.9 Å². The Bertz CT molecular complexity index is 2520. The maximum Gasteiger partial charge on any atom is 0.287 e. The fraction of sp³-hybridized carbons (Fsp3) is 0.255. The molecule has 0 aliphatic carbocycles. The minimum atomic E-state index is 0.0140. The molecule has 0 bridgehead atoms. The molecule has 3 heteroatoms. The van der Waals surface area contributed by atoms with E-state index < -0.39 is 0 Å². The highest BCUT2D eigenvalue weighted by molar-refractivity contribution is 6.13. The van der Waals surface area contributed by atoms with E-state index >= 15 is 0 Å². The van der Waals surface area contributed by atoms with Gasteiger partial charge in [-0.15, -0.1) is 0 Å². The van der Waals surface area contributed by atoms with E-state index in [2.05, 4.69) is 192 Å². The summed E-state index contributed by atoms with van der Waals surface area (Å²) in [5.74, 6) is 2.00. The summed E-state index contributed by atoms with van der Waals surface area (Å²) >= 11 is 0. The minimum absolute atomic E-state index is 0.0140. The molecule has 0 saturated heterocycles. The zero-order chi connectivity index (χ0) is 35.1. The zero-order valence-electron chi connectivity index (χ0n) is 31.0. The molecule has 8 aromatic rings. The van der Waals surface area contributed by atoms with Crippen LogP contribution in [0.5, 0.6) is 0 Å². The van der Waals surface area contributed by atoms with Crippen LogP contribution in [0.4, 0.5) is 0 Å². The summed E-state index contributed by atoms with van der Waals surface area (Å²) in [5, 5.41) is 5.10. The van der Waals surface area contributed by atoms with Gasteiger partial charge in [0.2, 0.25) is 0 Å². The molecule has 0 fully saturated rings. The molecular weight excluding hydrogens is 607 g/mol. The number of hydrogen-bond donors (Lipinski definition) is 0. The normalized spacial score (nSPS) is 12.5. The van der Waals surface area contributed by atoms with Crippen LogP contribution in [0.2, 0.25) is 0 Å². The van der Waals surface area contributed by atoms with Crippen molar-refractivity contribution in [2.75, 3.05) is 0 Å². The Kier molecular flexibility index (Phi) is 7.53. The van der Waals surface area contributed by atoms with Crippen molar-refractivity contribution in [3.63, 3.8) is 0 Å². The number of aromatic nitrogens is 3. The van der Waals surface area contributed by atoms with Crippen molar-refractivity contribution < 1.29 is 4.57 Å². The van der Waals surface area contributed by atoms with Gasteiger partial charge in [-0.2, -0.15) is 4.57 Å². The van der Waals surface area contributed by atoms with Crippen LogP contribution in [0.1, 0.15) is 82.6 Å². The van der Waals surface area contributed by atoms with Crippen LogP contribution in [0.25, 0.3) is 66.2 Å². The second-order valence-electron chi connectivity index (χ2n) is 15.8. The highest BCUT2D eigenvalue weighted by Crippen LogP contribution is 2.41. The first-order valence-corrected chi connectivity index (χ1v) is 18.2. The topological polar surface area (TPSA) is 13.7 Å². The first kappa shape index (κ1) is 32.1. The van der Waals surface area contributed by atoms with Crippen LogP contribution < -0.4 is 4.57 Å². The van der Waals surface area contributed by atoms with Crippen molar-refractivity contribution in [3.05, 3.63) is 138 Å². The van der Waals surface area contributed by atoms with E-state index in [-0.39, 0.29) is 5.41 Å². The van der Waals surface area contributed by atoms with Gasteiger partial charge in [-0.3, -0.25) is 0 Å². The van der Waals surface area contributed by atoms with Gasteiger partial charge < -0.3 is 4.57 Å². The quantitative estimate of drug-likeness (QED) is 0.164. The van der Waals surface area contributed by atoms with Crippen molar-refractivity contribution in [2.45, 2.75) is 72.6 Å². The molecule has 8 rings (SSSR count). The van der Waals surface area contributed by atoms with Crippen LogP contribution in [0, 0.1) is 6.92 Å². The van der Waals surface area contributed by atoms with E-state index in [1.54, 1.807) is 0 Å². The molecule has 3 aromatic heterocycles. The predicted octanol–water partition coefficient (Wildman–Crippen LogP) is 12.2. The molecule has 0 atom stereocenters. The largest absolute Gasteiger partial charge is 0.309 e. The first-order chi connectivity index (χ1) is 24.0. The smallest absolute Gasteiger partial charge is 0.287 e. The number of fused-ring (bicyclic) bond motifs is 6. The van der Waals surface area contributed by atoms with E-state index in [1.807, 2.05) is 0 Å². The van der Waals surface area contributed by atoms with E-state index in [0.717, 1.165) is 5.82 Å². The van der Waals surface area contributed by atoms with Gasteiger partial charge in [0.15, 0.2) is 0 Å². The van der Waals surface area contributed by atoms with Crippen molar-refractivity contribution in [2.24, 2.45) is 7.05 Å². The Hall–Kier alpha value is -5.15. The van der Waals surface area contributed by atoms with Crippen LogP contribution in [0.3, 0.4) is 0 Å². The Morgan fingerprint density at radius 3 is 1.78 bits per heavy atom. The van der Waals surface area contributed by atoms with Crippen LogP contribution in [-0.4, -0.2) is 9.13 Å². The maximum absolute atomic E-state index is 2.53. The van der Waals surface area contributed by atoms with Gasteiger partial charge in [-0.1, -0.05) is 109 Å². The second kappa shape index (κ2) is 11.7. The summed E-state index contributed by atoms with van der Waals surface area (Å²) in [5.41, 5.74) is 14.3. The number of benzene rings is 5. The Morgan fingerprint density at radius 2 is 1.18 bits per heavy atom. The summed E-state index contributed by atoms with van der Waals surface area (Å²) in [4.78, 5) is 0. The van der Waals surface area contributed by atoms with Crippen molar-refractivity contribution >= 4 is 43.6 Å². The van der Waals surface area contributed by atoms with E-state index in [1.165, 1.54) is 82.7 Å². The molecule has 0 saturated carbocycles. The van der Waals surface area contributed by atoms with E-state index in [4.69, 9.17) is 0 Å². The summed E-state index contributed by atoms with van der Waals surface area (Å²) < 4.78 is 7.25. The Balaban J connectivity index is 1.46. The van der Waals surface area contributed by atoms with Gasteiger partial charge >= 0.3 is 0 Å². The van der Waals surface area contributed by atoms with Crippen molar-refractivity contribution in [1.29, 1.82) is 0 Å². The zero-order valence-corrected chi connectivity index (χ0v) is 31.0. The molecule has 5 aromatic carbocycles. The number of aryl methyl sites for hydroxylation is 2. The van der Waals surface area contributed by atoms with E-state index in [9.17, 15) is 0 Å². The van der Waals surface area contributed by atoms with Crippen LogP contribution in [0.15, 0.2) is 115 Å². The lowest BCUT2D eigenvalue weighted by molar-refractivity contribution is -0.665. The summed E-state index contributed by atoms with van der Waals surface area (Å²) in [6.07, 6.45) is 2.25. The minimum Gasteiger partial charge on any atom is -0.309 e. The molecule has 0 N–H and O–H groups in total. The monoisotopic (exact) mass is 654 g/mol. The lowest BCUT2D eigenvalue weighted by Gasteiger charge is -2.22. The van der Waals surface area contributed by atoms with Gasteiger partial charge in [-0.05, 0) is 94.5 Å². The fourth-order valence-electron chi connectivity index (χ4n) is 8.47. The molecule has 0 amide bonds. The third-order valence-corrected chi connectivity index (χ3v) is 10.8. The summed E-state index contributed by atoms with van der Waals surface area (Å²) in [7, 11) is 2.18. The number of hydrogen-bond acceptors (Lipinski definition) is 0. The molecule has 0 radical (unpaired) electrons. The number of pyridine rings is 1. The van der Waals surface area contributed by atoms with Crippen molar-refractivity contribution in [3.8, 4) is 22.6 Å². The SMILES string of the molecule is Cc1c(C(C)(C)C)ccc2c3cc(-n4c5ccccc5c5ccccc54)ccc3n(-c3cc(-c4c(C(C)C)cccc4C(C)C)cc[n+]3C)c12. The molecule has 3 heterocycles. The lowest BCUT2D eigenvalue weighted by atomic mass is 9.83. The standard InChI is InChI=1S/C47H48N3/c1-29(2)34-17-14-18-35(30(3)4)45(34)32-25-26-48(9)44(27-32)50-43-24-21-33(28-39(43)38-22-23-40(47(6,7)8)31(5)46(38)50)49-41-19-12-10-15-36(41)37-16-11-13-20-42(37)49/h10-30H,1-9H3/q+1. The molecule has 0 spiro atoms. The third-order valence-electron chi connectivity index (χ3n) is 10.8. The molecule has 250 valence electrons. The van der Waals surface area contributed by atoms with E-state index in [0.29, 0.717) is 11.8 Å². The maximum atomic E-state index is 2.53. The first-order valence-electron chi connectivity index (χ1n) is 18.2. The average Bonchev–Trinajstić information content (AvgIpc) is 3.61. The lowest BCUT2D eigenvalue weighted by Crippen LogP contribution is -2.33. The number of nitrogens with zero attached hydrogens (tertiary/aromatic N) is 3. The van der Waals surface area contributed by atoms with Crippen molar-refractivity contribution in [1.82, 2.24) is 9.13 Å². The van der Waals surface area contributed by atoms with Gasteiger partial charge in [0.1, 0.15) is 11.0 Å². The highest BCUT2D eigenvalue weighted by Gasteiger charge is 2.28. The Morgan fingerprint density at radius 1 is 0.580 bits per heavy atom. The van der Waals surface area contributed by atoms with Gasteiger partial charge in [-0.25, -0.2) is 4.57 Å². The number of para-hydroxylation sites is 2. The molecule has 3 nitrogen and oxygen atoms in total. The molecular formula is C47H48N3+. The predicted molar refractivity (Wildman–Crippen MR) is 213 cm³/mol. The summed E-state index contributed by atoms with van der Waals surface area (Å²) in [6.45, 7) is 18.5. The molecule has 0 aliphatic heterocycles. The third kappa shape index (κ3) is 4.89. The molecule has 0 aliphatic rings. The number of rotatable bonds is 5. The second-order valence-corrected chi connectivity index (χ2v) is 15.8. The van der Waals surface area contributed by atoms with Gasteiger partial charge in [0.25, 0.3) is 5.82 Å². The average molecular weight is 655 g/mol.